The number of carbonyl (C=O) groups is 1. The number of piperidine rings is 1. The van der Waals surface area contributed by atoms with Crippen molar-refractivity contribution in [3.05, 3.63) is 29.8 Å². The lowest BCUT2D eigenvalue weighted by Gasteiger charge is -2.29. The fraction of sp³-hybridized carbons (Fsp3) is 0.562. The highest BCUT2D eigenvalue weighted by atomic mass is 16.4. The number of aliphatic carboxylic acids is 1. The van der Waals surface area contributed by atoms with Gasteiger partial charge in [0.2, 0.25) is 0 Å². The summed E-state index contributed by atoms with van der Waals surface area (Å²) in [6, 6.07) is 8.65. The van der Waals surface area contributed by atoms with E-state index in [-0.39, 0.29) is 5.92 Å². The number of likely N-dealkylation sites (tertiary alicyclic amines) is 1. The van der Waals surface area contributed by atoms with Crippen molar-refractivity contribution in [1.29, 1.82) is 0 Å². The lowest BCUT2D eigenvalue weighted by Crippen LogP contribution is -2.37. The van der Waals surface area contributed by atoms with E-state index < -0.39 is 5.97 Å². The molecule has 0 spiro atoms. The lowest BCUT2D eigenvalue weighted by molar-refractivity contribution is -0.143. The summed E-state index contributed by atoms with van der Waals surface area (Å²) in [5.41, 5.74) is 2.56. The van der Waals surface area contributed by atoms with Crippen LogP contribution in [0.25, 0.3) is 0 Å². The zero-order chi connectivity index (χ0) is 14.5. The molecule has 1 fully saturated rings. The Bertz CT molecular complexity index is 434. The molecule has 1 aliphatic rings. The molecule has 0 atom stereocenters. The first kappa shape index (κ1) is 14.9. The summed E-state index contributed by atoms with van der Waals surface area (Å²) < 4.78 is 0. The molecular formula is C16H24N2O2. The van der Waals surface area contributed by atoms with E-state index in [9.17, 15) is 4.79 Å². The summed E-state index contributed by atoms with van der Waals surface area (Å²) in [6.45, 7) is 2.84. The second-order valence-electron chi connectivity index (χ2n) is 5.77. The molecule has 0 unspecified atom stereocenters. The van der Waals surface area contributed by atoms with E-state index in [1.165, 1.54) is 11.3 Å². The van der Waals surface area contributed by atoms with Gasteiger partial charge in [0.05, 0.1) is 5.92 Å². The van der Waals surface area contributed by atoms with E-state index >= 15 is 0 Å². The first-order valence-electron chi connectivity index (χ1n) is 7.27. The predicted molar refractivity (Wildman–Crippen MR) is 81.3 cm³/mol. The van der Waals surface area contributed by atoms with Crippen LogP contribution in [-0.4, -0.2) is 49.7 Å². The molecule has 1 aromatic rings. The Labute approximate surface area is 121 Å². The molecule has 1 saturated heterocycles. The van der Waals surface area contributed by atoms with Gasteiger partial charge in [0.25, 0.3) is 0 Å². The Morgan fingerprint density at radius 1 is 1.25 bits per heavy atom. The van der Waals surface area contributed by atoms with E-state index in [1.54, 1.807) is 0 Å². The molecule has 4 heteroatoms. The van der Waals surface area contributed by atoms with Gasteiger partial charge in [-0.15, -0.1) is 0 Å². The number of carboxylic acids is 1. The van der Waals surface area contributed by atoms with Crippen LogP contribution in [0.5, 0.6) is 0 Å². The van der Waals surface area contributed by atoms with Gasteiger partial charge in [0.15, 0.2) is 0 Å². The first-order chi connectivity index (χ1) is 9.56. The summed E-state index contributed by atoms with van der Waals surface area (Å²) in [6.07, 6.45) is 2.61. The summed E-state index contributed by atoms with van der Waals surface area (Å²) in [5, 5.41) is 8.98. The van der Waals surface area contributed by atoms with Crippen LogP contribution >= 0.6 is 0 Å². The fourth-order valence-electron chi connectivity index (χ4n) is 2.65. The normalized spacial score (nSPS) is 17.1. The average molecular weight is 276 g/mol. The van der Waals surface area contributed by atoms with Gasteiger partial charge in [-0.25, -0.2) is 0 Å². The highest BCUT2D eigenvalue weighted by Gasteiger charge is 2.23. The van der Waals surface area contributed by atoms with Gasteiger partial charge in [-0.3, -0.25) is 4.79 Å². The van der Waals surface area contributed by atoms with Gasteiger partial charge >= 0.3 is 5.97 Å². The van der Waals surface area contributed by atoms with Crippen molar-refractivity contribution in [2.75, 3.05) is 38.6 Å². The maximum Gasteiger partial charge on any atom is 0.306 e. The quantitative estimate of drug-likeness (QED) is 0.894. The molecule has 0 bridgehead atoms. The van der Waals surface area contributed by atoms with E-state index in [4.69, 9.17) is 5.11 Å². The zero-order valence-electron chi connectivity index (χ0n) is 12.4. The largest absolute Gasteiger partial charge is 0.481 e. The van der Waals surface area contributed by atoms with Crippen LogP contribution in [0.15, 0.2) is 24.3 Å². The molecule has 1 aromatic carbocycles. The van der Waals surface area contributed by atoms with Crippen LogP contribution in [-0.2, 0) is 11.2 Å². The van der Waals surface area contributed by atoms with Crippen LogP contribution in [0.2, 0.25) is 0 Å². The molecule has 0 aromatic heterocycles. The number of benzene rings is 1. The van der Waals surface area contributed by atoms with Gasteiger partial charge in [0, 0.05) is 26.3 Å². The maximum atomic E-state index is 10.9. The smallest absolute Gasteiger partial charge is 0.306 e. The van der Waals surface area contributed by atoms with Gasteiger partial charge < -0.3 is 14.9 Å². The van der Waals surface area contributed by atoms with Crippen LogP contribution in [0, 0.1) is 5.92 Å². The van der Waals surface area contributed by atoms with E-state index in [2.05, 4.69) is 34.1 Å². The molecule has 2 rings (SSSR count). The Balaban J connectivity index is 1.77. The standard InChI is InChI=1S/C16H24N2O2/c1-17(2)15-5-3-13(4-6-15)7-10-18-11-8-14(9-12-18)16(19)20/h3-6,14H,7-12H2,1-2H3,(H,19,20). The van der Waals surface area contributed by atoms with Crippen LogP contribution < -0.4 is 4.90 Å². The zero-order valence-corrected chi connectivity index (χ0v) is 12.4. The van der Waals surface area contributed by atoms with Crippen molar-refractivity contribution in [3.63, 3.8) is 0 Å². The van der Waals surface area contributed by atoms with Crippen molar-refractivity contribution in [2.24, 2.45) is 5.92 Å². The predicted octanol–water partition coefficient (Wildman–Crippen LogP) is 2.09. The van der Waals surface area contributed by atoms with Gasteiger partial charge in [-0.1, -0.05) is 12.1 Å². The van der Waals surface area contributed by atoms with Gasteiger partial charge in [-0.2, -0.15) is 0 Å². The van der Waals surface area contributed by atoms with Crippen molar-refractivity contribution in [3.8, 4) is 0 Å². The third-order valence-electron chi connectivity index (χ3n) is 4.11. The van der Waals surface area contributed by atoms with E-state index in [0.29, 0.717) is 0 Å². The topological polar surface area (TPSA) is 43.8 Å². The minimum absolute atomic E-state index is 0.134. The van der Waals surface area contributed by atoms with Gasteiger partial charge in [0.1, 0.15) is 0 Å². The summed E-state index contributed by atoms with van der Waals surface area (Å²) in [7, 11) is 4.09. The molecule has 110 valence electrons. The van der Waals surface area contributed by atoms with Gasteiger partial charge in [-0.05, 0) is 50.0 Å². The van der Waals surface area contributed by atoms with Crippen molar-refractivity contribution in [2.45, 2.75) is 19.3 Å². The highest BCUT2D eigenvalue weighted by Crippen LogP contribution is 2.18. The Kier molecular flexibility index (Phi) is 5.01. The SMILES string of the molecule is CN(C)c1ccc(CCN2CCC(C(=O)O)CC2)cc1. The molecular weight excluding hydrogens is 252 g/mol. The van der Waals surface area contributed by atoms with E-state index in [0.717, 1.165) is 38.9 Å². The number of carboxylic acid groups (broad SMARTS) is 1. The molecule has 4 nitrogen and oxygen atoms in total. The number of hydrogen-bond donors (Lipinski definition) is 1. The molecule has 0 radical (unpaired) electrons. The second-order valence-corrected chi connectivity index (χ2v) is 5.77. The number of anilines is 1. The highest BCUT2D eigenvalue weighted by molar-refractivity contribution is 5.70. The van der Waals surface area contributed by atoms with Crippen molar-refractivity contribution in [1.82, 2.24) is 4.90 Å². The molecule has 0 amide bonds. The monoisotopic (exact) mass is 276 g/mol. The maximum absolute atomic E-state index is 10.9. The van der Waals surface area contributed by atoms with Crippen LogP contribution in [0.4, 0.5) is 5.69 Å². The third-order valence-corrected chi connectivity index (χ3v) is 4.11. The summed E-state index contributed by atoms with van der Waals surface area (Å²) in [5.74, 6) is -0.769. The Hall–Kier alpha value is -1.55. The second kappa shape index (κ2) is 6.75. The Morgan fingerprint density at radius 2 is 1.85 bits per heavy atom. The Morgan fingerprint density at radius 3 is 2.35 bits per heavy atom. The molecule has 0 saturated carbocycles. The summed E-state index contributed by atoms with van der Waals surface area (Å²) in [4.78, 5) is 15.4. The number of nitrogens with zero attached hydrogens (tertiary/aromatic N) is 2. The molecule has 0 aliphatic carbocycles. The van der Waals surface area contributed by atoms with Crippen molar-refractivity contribution < 1.29 is 9.90 Å². The third kappa shape index (κ3) is 3.97. The minimum Gasteiger partial charge on any atom is -0.481 e. The number of hydrogen-bond acceptors (Lipinski definition) is 3. The summed E-state index contributed by atoms with van der Waals surface area (Å²) >= 11 is 0. The lowest BCUT2D eigenvalue weighted by atomic mass is 9.97. The van der Waals surface area contributed by atoms with E-state index in [1.807, 2.05) is 14.1 Å². The van der Waals surface area contributed by atoms with Crippen LogP contribution in [0.3, 0.4) is 0 Å². The average Bonchev–Trinajstić information content (AvgIpc) is 2.46. The molecule has 20 heavy (non-hydrogen) atoms. The number of rotatable bonds is 5. The first-order valence-corrected chi connectivity index (χ1v) is 7.27. The molecule has 1 heterocycles. The molecule has 1 N–H and O–H groups in total. The van der Waals surface area contributed by atoms with Crippen molar-refractivity contribution >= 4 is 11.7 Å². The minimum atomic E-state index is -0.635. The fourth-order valence-corrected chi connectivity index (χ4v) is 2.65. The van der Waals surface area contributed by atoms with Crippen LogP contribution in [0.1, 0.15) is 18.4 Å². The molecule has 1 aliphatic heterocycles.